The van der Waals surface area contributed by atoms with Crippen LogP contribution in [0.1, 0.15) is 38.2 Å². The number of hydrogen-bond donors (Lipinski definition) is 2. The molecule has 4 heteroatoms. The zero-order valence-corrected chi connectivity index (χ0v) is 17.7. The molecular weight excluding hydrogens is 372 g/mol. The van der Waals surface area contributed by atoms with Crippen LogP contribution in [0, 0.1) is 0 Å². The molecule has 2 amide bonds. The lowest BCUT2D eigenvalue weighted by atomic mass is 9.92. The van der Waals surface area contributed by atoms with Crippen LogP contribution in [0.15, 0.2) is 54.6 Å². The third-order valence-corrected chi connectivity index (χ3v) is 5.66. The second kappa shape index (κ2) is 9.77. The van der Waals surface area contributed by atoms with E-state index in [1.54, 1.807) is 0 Å². The summed E-state index contributed by atoms with van der Waals surface area (Å²) in [5.74, 6) is 0. The van der Waals surface area contributed by atoms with Gasteiger partial charge in [-0.1, -0.05) is 61.5 Å². The van der Waals surface area contributed by atoms with Crippen LogP contribution in [0.25, 0.3) is 32.3 Å². The van der Waals surface area contributed by atoms with E-state index in [-0.39, 0.29) is 6.03 Å². The molecule has 156 valence electrons. The number of unbranched alkanes of at least 4 members (excludes halogenated alkanes) is 2. The molecule has 0 bridgehead atoms. The van der Waals surface area contributed by atoms with Crippen molar-refractivity contribution >= 4 is 38.3 Å². The van der Waals surface area contributed by atoms with Gasteiger partial charge >= 0.3 is 6.03 Å². The second-order valence-corrected chi connectivity index (χ2v) is 7.88. The molecule has 0 aliphatic rings. The second-order valence-electron chi connectivity index (χ2n) is 7.88. The number of nitrogens with one attached hydrogen (secondary N) is 2. The molecule has 4 aromatic rings. The lowest BCUT2D eigenvalue weighted by Gasteiger charge is -2.14. The first-order valence-corrected chi connectivity index (χ1v) is 11.0. The van der Waals surface area contributed by atoms with Crippen molar-refractivity contribution in [3.8, 4) is 0 Å². The van der Waals surface area contributed by atoms with Crippen LogP contribution in [0.2, 0.25) is 0 Å². The van der Waals surface area contributed by atoms with Crippen molar-refractivity contribution in [2.45, 2.75) is 39.2 Å². The Morgan fingerprint density at radius 2 is 1.50 bits per heavy atom. The first-order chi connectivity index (χ1) is 14.8. The van der Waals surface area contributed by atoms with Gasteiger partial charge in [0.15, 0.2) is 0 Å². The standard InChI is InChI=1S/C26H30N2O2/c1-2-15-27-26(29)28-16-4-3-5-17-30-18-22-12-11-21-10-9-19-7-6-8-20-13-14-23(22)25(21)24(19)20/h6-14H,2-5,15-18H2,1H3,(H2,27,28,29). The van der Waals surface area contributed by atoms with Gasteiger partial charge in [-0.15, -0.1) is 0 Å². The van der Waals surface area contributed by atoms with Crippen LogP contribution in [-0.2, 0) is 11.3 Å². The Labute approximate surface area is 177 Å². The molecule has 0 radical (unpaired) electrons. The molecule has 0 saturated carbocycles. The van der Waals surface area contributed by atoms with E-state index in [0.717, 1.165) is 38.8 Å². The molecule has 0 aromatic heterocycles. The van der Waals surface area contributed by atoms with E-state index in [1.807, 2.05) is 6.92 Å². The van der Waals surface area contributed by atoms with Gasteiger partial charge in [0.25, 0.3) is 0 Å². The lowest BCUT2D eigenvalue weighted by molar-refractivity contribution is 0.117. The summed E-state index contributed by atoms with van der Waals surface area (Å²) < 4.78 is 5.99. The fourth-order valence-corrected chi connectivity index (χ4v) is 4.11. The van der Waals surface area contributed by atoms with E-state index < -0.39 is 0 Å². The minimum Gasteiger partial charge on any atom is -0.377 e. The average Bonchev–Trinajstić information content (AvgIpc) is 2.78. The number of benzene rings is 4. The predicted molar refractivity (Wildman–Crippen MR) is 125 cm³/mol. The van der Waals surface area contributed by atoms with Gasteiger partial charge in [0.1, 0.15) is 0 Å². The summed E-state index contributed by atoms with van der Waals surface area (Å²) in [6.45, 7) is 4.85. The third kappa shape index (κ3) is 4.49. The van der Waals surface area contributed by atoms with E-state index >= 15 is 0 Å². The Morgan fingerprint density at radius 1 is 0.800 bits per heavy atom. The molecule has 0 saturated heterocycles. The maximum Gasteiger partial charge on any atom is 0.314 e. The van der Waals surface area contributed by atoms with E-state index in [0.29, 0.717) is 13.2 Å². The van der Waals surface area contributed by atoms with E-state index in [9.17, 15) is 4.79 Å². The monoisotopic (exact) mass is 402 g/mol. The van der Waals surface area contributed by atoms with E-state index in [2.05, 4.69) is 65.2 Å². The maximum atomic E-state index is 11.5. The predicted octanol–water partition coefficient (Wildman–Crippen LogP) is 5.98. The molecule has 0 heterocycles. The summed E-state index contributed by atoms with van der Waals surface area (Å²) in [7, 11) is 0. The molecule has 0 spiro atoms. The largest absolute Gasteiger partial charge is 0.377 e. The van der Waals surface area contributed by atoms with Crippen LogP contribution >= 0.6 is 0 Å². The van der Waals surface area contributed by atoms with Gasteiger partial charge in [-0.05, 0) is 63.6 Å². The highest BCUT2D eigenvalue weighted by Gasteiger charge is 2.10. The normalized spacial score (nSPS) is 11.5. The zero-order valence-electron chi connectivity index (χ0n) is 17.7. The molecule has 0 atom stereocenters. The summed E-state index contributed by atoms with van der Waals surface area (Å²) in [5, 5.41) is 13.6. The number of carbonyl (C=O) groups is 1. The van der Waals surface area contributed by atoms with Crippen LogP contribution in [0.4, 0.5) is 4.79 Å². The Balaban J connectivity index is 1.29. The minimum absolute atomic E-state index is 0.0675. The fourth-order valence-electron chi connectivity index (χ4n) is 4.11. The highest BCUT2D eigenvalue weighted by Crippen LogP contribution is 2.36. The number of carbonyl (C=O) groups excluding carboxylic acids is 1. The molecule has 0 unspecified atom stereocenters. The highest BCUT2D eigenvalue weighted by atomic mass is 16.5. The first kappa shape index (κ1) is 20.4. The number of rotatable bonds is 10. The van der Waals surface area contributed by atoms with Crippen molar-refractivity contribution in [2.75, 3.05) is 19.7 Å². The molecular formula is C26H30N2O2. The molecule has 0 aliphatic heterocycles. The Kier molecular flexibility index (Phi) is 6.65. The van der Waals surface area contributed by atoms with E-state index in [4.69, 9.17) is 4.74 Å². The smallest absolute Gasteiger partial charge is 0.314 e. The molecule has 4 aromatic carbocycles. The summed E-state index contributed by atoms with van der Waals surface area (Å²) in [4.78, 5) is 11.5. The SMILES string of the molecule is CCCNC(=O)NCCCCCOCc1ccc2ccc3cccc4ccc1c2c34. The quantitative estimate of drug-likeness (QED) is 0.253. The first-order valence-electron chi connectivity index (χ1n) is 11.0. The van der Waals surface area contributed by atoms with Gasteiger partial charge in [0.05, 0.1) is 6.61 Å². The van der Waals surface area contributed by atoms with E-state index in [1.165, 1.54) is 37.9 Å². The van der Waals surface area contributed by atoms with Crippen molar-refractivity contribution in [1.29, 1.82) is 0 Å². The number of amides is 2. The minimum atomic E-state index is -0.0675. The fraction of sp³-hybridized carbons (Fsp3) is 0.346. The Hall–Kier alpha value is -2.85. The van der Waals surface area contributed by atoms with Gasteiger partial charge in [-0.25, -0.2) is 4.79 Å². The number of ether oxygens (including phenoxy) is 1. The molecule has 0 fully saturated rings. The van der Waals surface area contributed by atoms with Crippen molar-refractivity contribution < 1.29 is 9.53 Å². The van der Waals surface area contributed by atoms with Gasteiger partial charge in [-0.3, -0.25) is 0 Å². The molecule has 2 N–H and O–H groups in total. The van der Waals surface area contributed by atoms with Gasteiger partial charge in [0, 0.05) is 19.7 Å². The maximum absolute atomic E-state index is 11.5. The number of urea groups is 1. The van der Waals surface area contributed by atoms with Gasteiger partial charge in [0.2, 0.25) is 0 Å². The van der Waals surface area contributed by atoms with Crippen LogP contribution in [0.3, 0.4) is 0 Å². The van der Waals surface area contributed by atoms with Crippen molar-refractivity contribution in [2.24, 2.45) is 0 Å². The van der Waals surface area contributed by atoms with Crippen molar-refractivity contribution in [3.63, 3.8) is 0 Å². The average molecular weight is 403 g/mol. The Morgan fingerprint density at radius 3 is 2.30 bits per heavy atom. The topological polar surface area (TPSA) is 50.4 Å². The van der Waals surface area contributed by atoms with Crippen molar-refractivity contribution in [1.82, 2.24) is 10.6 Å². The summed E-state index contributed by atoms with van der Waals surface area (Å²) >= 11 is 0. The van der Waals surface area contributed by atoms with Gasteiger partial charge < -0.3 is 15.4 Å². The summed E-state index contributed by atoms with van der Waals surface area (Å²) in [6.07, 6.45) is 3.98. The van der Waals surface area contributed by atoms with Crippen LogP contribution < -0.4 is 10.6 Å². The summed E-state index contributed by atoms with van der Waals surface area (Å²) in [6, 6.07) is 19.7. The van der Waals surface area contributed by atoms with Crippen LogP contribution in [-0.4, -0.2) is 25.7 Å². The zero-order chi connectivity index (χ0) is 20.8. The molecule has 4 nitrogen and oxygen atoms in total. The highest BCUT2D eigenvalue weighted by molar-refractivity contribution is 6.23. The number of hydrogen-bond acceptors (Lipinski definition) is 2. The summed E-state index contributed by atoms with van der Waals surface area (Å²) in [5.41, 5.74) is 1.25. The molecule has 30 heavy (non-hydrogen) atoms. The molecule has 4 rings (SSSR count). The van der Waals surface area contributed by atoms with Gasteiger partial charge in [-0.2, -0.15) is 0 Å². The third-order valence-electron chi connectivity index (χ3n) is 5.66. The van der Waals surface area contributed by atoms with Crippen molar-refractivity contribution in [3.05, 3.63) is 60.2 Å². The van der Waals surface area contributed by atoms with Crippen LogP contribution in [0.5, 0.6) is 0 Å². The Bertz CT molecular complexity index is 1110. The molecule has 0 aliphatic carbocycles. The lowest BCUT2D eigenvalue weighted by Crippen LogP contribution is -2.36.